The molecule has 10 heteroatoms. The van der Waals surface area contributed by atoms with E-state index in [0.717, 1.165) is 41.0 Å². The number of amides is 2. The second kappa shape index (κ2) is 13.9. The number of fused-ring (bicyclic) bond motifs is 1. The first kappa shape index (κ1) is 29.8. The molecule has 216 valence electrons. The fourth-order valence-corrected chi connectivity index (χ4v) is 5.85. The number of benzene rings is 2. The summed E-state index contributed by atoms with van der Waals surface area (Å²) in [6, 6.07) is 13.8. The van der Waals surface area contributed by atoms with E-state index >= 15 is 0 Å². The summed E-state index contributed by atoms with van der Waals surface area (Å²) in [4.78, 5) is 39.4. The van der Waals surface area contributed by atoms with Crippen molar-refractivity contribution in [3.05, 3.63) is 75.7 Å². The van der Waals surface area contributed by atoms with Crippen molar-refractivity contribution in [2.75, 3.05) is 18.5 Å². The third-order valence-electron chi connectivity index (χ3n) is 6.60. The first-order chi connectivity index (χ1) is 19.8. The lowest BCUT2D eigenvalue weighted by Crippen LogP contribution is -2.33. The Balaban J connectivity index is 1.34. The molecule has 2 aromatic carbocycles. The van der Waals surface area contributed by atoms with E-state index in [2.05, 4.69) is 22.8 Å². The Hall–Kier alpha value is -4.18. The number of carbonyl (C=O) groups is 3. The van der Waals surface area contributed by atoms with Crippen LogP contribution in [0.25, 0.3) is 0 Å². The predicted octanol–water partition coefficient (Wildman–Crippen LogP) is 5.62. The van der Waals surface area contributed by atoms with Gasteiger partial charge in [0.25, 0.3) is 11.8 Å². The van der Waals surface area contributed by atoms with Crippen LogP contribution < -0.4 is 20.2 Å². The van der Waals surface area contributed by atoms with Crippen LogP contribution in [0.3, 0.4) is 0 Å². The molecule has 2 atom stereocenters. The van der Waals surface area contributed by atoms with Crippen LogP contribution in [0.5, 0.6) is 11.5 Å². The van der Waals surface area contributed by atoms with E-state index in [-0.39, 0.29) is 12.5 Å². The van der Waals surface area contributed by atoms with Gasteiger partial charge in [-0.2, -0.15) is 5.10 Å². The van der Waals surface area contributed by atoms with Crippen molar-refractivity contribution in [3.8, 4) is 11.5 Å². The van der Waals surface area contributed by atoms with E-state index in [9.17, 15) is 14.4 Å². The quantitative estimate of drug-likeness (QED) is 0.174. The van der Waals surface area contributed by atoms with Crippen LogP contribution in [0.1, 0.15) is 70.8 Å². The first-order valence-electron chi connectivity index (χ1n) is 13.7. The zero-order valence-electron chi connectivity index (χ0n) is 23.7. The number of thiophene rings is 1. The topological polar surface area (TPSA) is 115 Å². The Morgan fingerprint density at radius 1 is 1.05 bits per heavy atom. The van der Waals surface area contributed by atoms with Crippen LogP contribution >= 0.6 is 11.3 Å². The molecule has 2 unspecified atom stereocenters. The molecule has 0 saturated carbocycles. The monoisotopic (exact) mass is 577 g/mol. The molecule has 4 rings (SSSR count). The fourth-order valence-electron chi connectivity index (χ4n) is 4.45. The van der Waals surface area contributed by atoms with Crippen molar-refractivity contribution in [1.82, 2.24) is 5.43 Å². The summed E-state index contributed by atoms with van der Waals surface area (Å²) in [7, 11) is 0. The molecule has 41 heavy (non-hydrogen) atoms. The molecular weight excluding hydrogens is 542 g/mol. The normalized spacial score (nSPS) is 15.1. The molecule has 1 heterocycles. The summed E-state index contributed by atoms with van der Waals surface area (Å²) in [5, 5.41) is 7.42. The zero-order valence-corrected chi connectivity index (χ0v) is 24.5. The van der Waals surface area contributed by atoms with Crippen LogP contribution in [0.4, 0.5) is 5.00 Å². The number of rotatable bonds is 11. The maximum atomic E-state index is 13.1. The zero-order chi connectivity index (χ0) is 29.4. The Kier molecular flexibility index (Phi) is 10.1. The Bertz CT molecular complexity index is 1400. The third-order valence-corrected chi connectivity index (χ3v) is 7.77. The maximum Gasteiger partial charge on any atom is 0.341 e. The van der Waals surface area contributed by atoms with Gasteiger partial charge < -0.3 is 19.5 Å². The number of nitrogens with zero attached hydrogens (tertiary/aromatic N) is 1. The van der Waals surface area contributed by atoms with Gasteiger partial charge in [-0.05, 0) is 106 Å². The standard InChI is InChI=1S/C31H35N3O6S/c1-5-38-23-12-8-21(9-13-23)18-32-34-28(35)20(4)40-24-14-10-22(11-15-24)29(36)33-30-27(31(37)39-6-2)25-16-7-19(3)17-26(25)41-30/h8-15,18-20H,5-7,16-17H2,1-4H3,(H,33,36)(H,34,35). The van der Waals surface area contributed by atoms with Crippen molar-refractivity contribution >= 4 is 40.3 Å². The maximum absolute atomic E-state index is 13.1. The summed E-state index contributed by atoms with van der Waals surface area (Å²) in [5.41, 5.74) is 5.13. The van der Waals surface area contributed by atoms with Gasteiger partial charge in [0.05, 0.1) is 25.0 Å². The molecule has 0 aliphatic heterocycles. The highest BCUT2D eigenvalue weighted by molar-refractivity contribution is 7.17. The summed E-state index contributed by atoms with van der Waals surface area (Å²) in [5.74, 6) is 0.546. The van der Waals surface area contributed by atoms with E-state index in [1.54, 1.807) is 38.1 Å². The van der Waals surface area contributed by atoms with E-state index < -0.39 is 18.0 Å². The highest BCUT2D eigenvalue weighted by Crippen LogP contribution is 2.40. The Morgan fingerprint density at radius 3 is 2.44 bits per heavy atom. The average Bonchev–Trinajstić information content (AvgIpc) is 3.31. The molecule has 0 bridgehead atoms. The van der Waals surface area contributed by atoms with Crippen LogP contribution in [0.15, 0.2) is 53.6 Å². The van der Waals surface area contributed by atoms with E-state index in [1.165, 1.54) is 17.6 Å². The van der Waals surface area contributed by atoms with E-state index in [1.807, 2.05) is 31.2 Å². The number of nitrogens with one attached hydrogen (secondary N) is 2. The number of ether oxygens (including phenoxy) is 3. The van der Waals surface area contributed by atoms with Crippen molar-refractivity contribution in [2.45, 2.75) is 53.1 Å². The Morgan fingerprint density at radius 2 is 1.76 bits per heavy atom. The molecule has 0 saturated heterocycles. The lowest BCUT2D eigenvalue weighted by Gasteiger charge is -2.18. The highest BCUT2D eigenvalue weighted by Gasteiger charge is 2.29. The lowest BCUT2D eigenvalue weighted by molar-refractivity contribution is -0.127. The van der Waals surface area contributed by atoms with Crippen molar-refractivity contribution in [3.63, 3.8) is 0 Å². The lowest BCUT2D eigenvalue weighted by atomic mass is 9.88. The van der Waals surface area contributed by atoms with E-state index in [0.29, 0.717) is 34.4 Å². The molecule has 1 aliphatic carbocycles. The van der Waals surface area contributed by atoms with Gasteiger partial charge in [-0.15, -0.1) is 11.3 Å². The SMILES string of the molecule is CCOC(=O)c1c(NC(=O)c2ccc(OC(C)C(=O)NN=Cc3ccc(OCC)cc3)cc2)sc2c1CCC(C)C2. The predicted molar refractivity (Wildman–Crippen MR) is 159 cm³/mol. The van der Waals surface area contributed by atoms with Gasteiger partial charge in [0.15, 0.2) is 6.10 Å². The number of esters is 1. The van der Waals surface area contributed by atoms with Crippen molar-refractivity contribution in [2.24, 2.45) is 11.0 Å². The van der Waals surface area contributed by atoms with Gasteiger partial charge in [0.1, 0.15) is 16.5 Å². The summed E-state index contributed by atoms with van der Waals surface area (Å²) in [6.07, 6.45) is 3.38. The molecule has 3 aromatic rings. The Labute approximate surface area is 243 Å². The molecule has 1 aromatic heterocycles. The number of anilines is 1. The van der Waals surface area contributed by atoms with Gasteiger partial charge in [-0.25, -0.2) is 10.2 Å². The van der Waals surface area contributed by atoms with Crippen molar-refractivity contribution in [1.29, 1.82) is 0 Å². The highest BCUT2D eigenvalue weighted by atomic mass is 32.1. The first-order valence-corrected chi connectivity index (χ1v) is 14.6. The second-order valence-electron chi connectivity index (χ2n) is 9.75. The fraction of sp³-hybridized carbons (Fsp3) is 0.355. The van der Waals surface area contributed by atoms with Gasteiger partial charge >= 0.3 is 5.97 Å². The smallest absolute Gasteiger partial charge is 0.341 e. The van der Waals surface area contributed by atoms with Gasteiger partial charge in [0, 0.05) is 10.4 Å². The molecule has 0 radical (unpaired) electrons. The number of carbonyl (C=O) groups excluding carboxylic acids is 3. The summed E-state index contributed by atoms with van der Waals surface area (Å²) >= 11 is 1.45. The molecule has 2 N–H and O–H groups in total. The molecule has 0 fully saturated rings. The minimum absolute atomic E-state index is 0.264. The van der Waals surface area contributed by atoms with E-state index in [4.69, 9.17) is 14.2 Å². The molecular formula is C31H35N3O6S. The van der Waals surface area contributed by atoms with Crippen LogP contribution in [0, 0.1) is 5.92 Å². The summed E-state index contributed by atoms with van der Waals surface area (Å²) < 4.78 is 16.4. The second-order valence-corrected chi connectivity index (χ2v) is 10.9. The van der Waals surface area contributed by atoms with Crippen LogP contribution in [-0.2, 0) is 22.4 Å². The van der Waals surface area contributed by atoms with Crippen LogP contribution in [-0.4, -0.2) is 43.3 Å². The van der Waals surface area contributed by atoms with Gasteiger partial charge in [-0.1, -0.05) is 6.92 Å². The summed E-state index contributed by atoms with van der Waals surface area (Å²) in [6.45, 7) is 8.34. The van der Waals surface area contributed by atoms with Crippen molar-refractivity contribution < 1.29 is 28.6 Å². The minimum Gasteiger partial charge on any atom is -0.494 e. The molecule has 1 aliphatic rings. The molecule has 9 nitrogen and oxygen atoms in total. The van der Waals surface area contributed by atoms with Gasteiger partial charge in [0.2, 0.25) is 0 Å². The average molecular weight is 578 g/mol. The number of hydrazone groups is 1. The minimum atomic E-state index is -0.820. The largest absolute Gasteiger partial charge is 0.494 e. The number of hydrogen-bond acceptors (Lipinski definition) is 8. The molecule has 0 spiro atoms. The third kappa shape index (κ3) is 7.73. The molecule has 2 amide bonds. The van der Waals surface area contributed by atoms with Gasteiger partial charge in [-0.3, -0.25) is 9.59 Å². The van der Waals surface area contributed by atoms with Crippen LogP contribution in [0.2, 0.25) is 0 Å². The number of hydrogen-bond donors (Lipinski definition) is 2.